The molecule has 18 N–H and O–H groups in total. The van der Waals surface area contributed by atoms with E-state index in [2.05, 4.69) is 25.0 Å². The van der Waals surface area contributed by atoms with Gasteiger partial charge in [-0.3, -0.25) is 24.2 Å². The number of nitrogens with two attached hydrogens (primary N) is 7. The summed E-state index contributed by atoms with van der Waals surface area (Å²) in [5, 5.41) is 19.7. The number of guanidine groups is 1. The van der Waals surface area contributed by atoms with Gasteiger partial charge in [0.1, 0.15) is 36.8 Å². The molecule has 254 valence electrons. The van der Waals surface area contributed by atoms with Crippen molar-refractivity contribution in [2.45, 2.75) is 68.7 Å². The maximum absolute atomic E-state index is 11.6. The van der Waals surface area contributed by atoms with Crippen LogP contribution in [0.4, 0.5) is 0 Å². The zero-order chi connectivity index (χ0) is 34.5. The molecule has 5 atom stereocenters. The Bertz CT molecular complexity index is 1120. The second kappa shape index (κ2) is 21.9. The highest BCUT2D eigenvalue weighted by atomic mass is 16.6. The van der Waals surface area contributed by atoms with E-state index in [1.165, 1.54) is 6.33 Å². The Balaban J connectivity index is 0.000000669. The van der Waals surface area contributed by atoms with Crippen LogP contribution < -0.4 is 45.5 Å². The molecule has 1 aromatic rings. The number of aliphatic carboxylic acids is 2. The van der Waals surface area contributed by atoms with E-state index in [9.17, 15) is 28.8 Å². The van der Waals surface area contributed by atoms with Crippen molar-refractivity contribution in [3.63, 3.8) is 0 Å². The Morgan fingerprint density at radius 1 is 0.956 bits per heavy atom. The summed E-state index contributed by atoms with van der Waals surface area (Å²) >= 11 is 0. The molecule has 2 rings (SSSR count). The van der Waals surface area contributed by atoms with Crippen molar-refractivity contribution in [2.75, 3.05) is 19.7 Å². The highest BCUT2D eigenvalue weighted by Gasteiger charge is 2.27. The molecule has 2 heterocycles. The molecule has 21 heteroatoms. The Morgan fingerprint density at radius 3 is 2.09 bits per heavy atom. The molecule has 0 spiro atoms. The molecule has 0 saturated carbocycles. The van der Waals surface area contributed by atoms with Gasteiger partial charge in [0.05, 0.1) is 12.7 Å². The Morgan fingerprint density at radius 2 is 1.60 bits per heavy atom. The highest BCUT2D eigenvalue weighted by molar-refractivity contribution is 5.91. The van der Waals surface area contributed by atoms with Crippen LogP contribution in [0.5, 0.6) is 0 Å². The lowest BCUT2D eigenvalue weighted by Gasteiger charge is -2.12. The number of carbonyl (C=O) groups excluding carboxylic acids is 4. The lowest BCUT2D eigenvalue weighted by molar-refractivity contribution is -0.162. The van der Waals surface area contributed by atoms with Gasteiger partial charge in [0.2, 0.25) is 5.91 Å². The van der Waals surface area contributed by atoms with E-state index in [1.54, 1.807) is 6.20 Å². The topological polar surface area (TPSA) is 397 Å². The van der Waals surface area contributed by atoms with Gasteiger partial charge in [-0.25, -0.2) is 14.6 Å². The minimum Gasteiger partial charge on any atom is -0.480 e. The average Bonchev–Trinajstić information content (AvgIpc) is 3.69. The number of H-pyrrole nitrogens is 1. The van der Waals surface area contributed by atoms with Crippen LogP contribution in [0, 0.1) is 0 Å². The van der Waals surface area contributed by atoms with Crippen LogP contribution in [0.15, 0.2) is 17.5 Å². The minimum atomic E-state index is -1.31. The van der Waals surface area contributed by atoms with Crippen molar-refractivity contribution in [1.29, 1.82) is 0 Å². The van der Waals surface area contributed by atoms with Crippen molar-refractivity contribution in [3.8, 4) is 0 Å². The number of amides is 1. The standard InChI is InChI=1S/C11H21N5O3.C7H13N3O5.C6H9N3O2/c12-7(3-1-6-16-11(13)14)9(17)19-10(18)8-4-2-5-15-8;8-3(1-5(10)11)7(14)15-2-4(9)6(12)13;7-5(6(10)11)1-4-2-8-3-9-4/h7-8,15H,1-6,12H2,(H4,13,14,16);3-4H,1-2,8-9H2,(H2,10,11)(H,12,13);2-3,5H,1,7H2,(H,8,9)(H,10,11)/t7-,8-;3-,4-;5-/m000/s1. The van der Waals surface area contributed by atoms with Gasteiger partial charge in [0.25, 0.3) is 0 Å². The van der Waals surface area contributed by atoms with E-state index in [0.29, 0.717) is 25.8 Å². The van der Waals surface area contributed by atoms with Gasteiger partial charge in [-0.2, -0.15) is 0 Å². The summed E-state index contributed by atoms with van der Waals surface area (Å²) in [6.07, 6.45) is 5.47. The fraction of sp³-hybridized carbons (Fsp3) is 0.583. The van der Waals surface area contributed by atoms with Crippen LogP contribution >= 0.6 is 0 Å². The maximum Gasteiger partial charge on any atom is 0.330 e. The van der Waals surface area contributed by atoms with Gasteiger partial charge >= 0.3 is 29.8 Å². The minimum absolute atomic E-state index is 0.00127. The summed E-state index contributed by atoms with van der Waals surface area (Å²) in [6.45, 7) is 0.653. The largest absolute Gasteiger partial charge is 0.480 e. The smallest absolute Gasteiger partial charge is 0.330 e. The molecule has 1 fully saturated rings. The first-order valence-electron chi connectivity index (χ1n) is 13.5. The van der Waals surface area contributed by atoms with Crippen molar-refractivity contribution in [2.24, 2.45) is 45.1 Å². The number of nitrogens with zero attached hydrogens (tertiary/aromatic N) is 2. The molecule has 1 aromatic heterocycles. The van der Waals surface area contributed by atoms with Crippen molar-refractivity contribution in [1.82, 2.24) is 15.3 Å². The van der Waals surface area contributed by atoms with E-state index >= 15 is 0 Å². The first-order chi connectivity index (χ1) is 21.0. The molecule has 0 radical (unpaired) electrons. The summed E-state index contributed by atoms with van der Waals surface area (Å²) in [5.41, 5.74) is 37.0. The summed E-state index contributed by atoms with van der Waals surface area (Å²) < 4.78 is 9.17. The molecule has 1 saturated heterocycles. The van der Waals surface area contributed by atoms with Crippen molar-refractivity contribution >= 4 is 41.7 Å². The van der Waals surface area contributed by atoms with Crippen LogP contribution in [-0.2, 0) is 44.7 Å². The number of carboxylic acid groups (broad SMARTS) is 2. The molecule has 1 aliphatic heterocycles. The fourth-order valence-electron chi connectivity index (χ4n) is 3.14. The van der Waals surface area contributed by atoms with E-state index in [1.807, 2.05) is 0 Å². The number of ether oxygens (including phenoxy) is 2. The molecule has 0 bridgehead atoms. The van der Waals surface area contributed by atoms with Crippen LogP contribution in [0.3, 0.4) is 0 Å². The normalized spacial score (nSPS) is 16.1. The predicted molar refractivity (Wildman–Crippen MR) is 156 cm³/mol. The number of hydrogen-bond donors (Lipinski definition) is 11. The fourth-order valence-corrected chi connectivity index (χ4v) is 3.14. The maximum atomic E-state index is 11.6. The Kier molecular flexibility index (Phi) is 19.6. The Hall–Kier alpha value is -4.70. The number of aromatic amines is 1. The monoisotopic (exact) mass is 645 g/mol. The van der Waals surface area contributed by atoms with Crippen molar-refractivity contribution in [3.05, 3.63) is 18.2 Å². The third-order valence-corrected chi connectivity index (χ3v) is 5.57. The van der Waals surface area contributed by atoms with E-state index < -0.39 is 72.6 Å². The highest BCUT2D eigenvalue weighted by Crippen LogP contribution is 2.08. The molecule has 0 unspecified atom stereocenters. The number of primary amides is 1. The van der Waals surface area contributed by atoms with Crippen LogP contribution in [0.25, 0.3) is 0 Å². The molecule has 45 heavy (non-hydrogen) atoms. The number of imidazole rings is 1. The van der Waals surface area contributed by atoms with E-state index in [0.717, 1.165) is 18.7 Å². The lowest BCUT2D eigenvalue weighted by Crippen LogP contribution is -2.41. The summed E-state index contributed by atoms with van der Waals surface area (Å²) in [6, 6.07) is -4.58. The molecular formula is C24H43N11O10. The third-order valence-electron chi connectivity index (χ3n) is 5.57. The summed E-state index contributed by atoms with van der Waals surface area (Å²) in [7, 11) is 0. The number of aromatic nitrogens is 2. The quantitative estimate of drug-likeness (QED) is 0.0279. The second-order valence-electron chi connectivity index (χ2n) is 9.52. The predicted octanol–water partition coefficient (Wildman–Crippen LogP) is -5.30. The Labute approximate surface area is 257 Å². The number of carbonyl (C=O) groups is 6. The number of nitrogens with one attached hydrogen (secondary N) is 2. The first kappa shape index (κ1) is 40.3. The summed E-state index contributed by atoms with van der Waals surface area (Å²) in [4.78, 5) is 75.3. The number of hydrogen-bond acceptors (Lipinski definition) is 15. The summed E-state index contributed by atoms with van der Waals surface area (Å²) in [5.74, 6) is -5.22. The molecular weight excluding hydrogens is 602 g/mol. The van der Waals surface area contributed by atoms with Crippen molar-refractivity contribution < 1.29 is 48.5 Å². The number of rotatable bonds is 15. The SMILES string of the molecule is NC(=O)C[C@H](N)C(=O)OC[C@H](N)C(=O)O.NC(N)=NCCC[C@H](N)C(=O)OC(=O)[C@@H]1CCCN1.N[C@@H](Cc1cnc[nH]1)C(=O)O. The number of carboxylic acids is 2. The number of esters is 3. The van der Waals surface area contributed by atoms with Gasteiger partial charge in [0.15, 0.2) is 5.96 Å². The van der Waals surface area contributed by atoms with Gasteiger partial charge in [0, 0.05) is 24.9 Å². The van der Waals surface area contributed by atoms with Crippen LogP contribution in [0.2, 0.25) is 0 Å². The van der Waals surface area contributed by atoms with Gasteiger partial charge < -0.3 is 70.1 Å². The van der Waals surface area contributed by atoms with Crippen LogP contribution in [0.1, 0.15) is 37.8 Å². The molecule has 21 nitrogen and oxygen atoms in total. The third kappa shape index (κ3) is 19.2. The van der Waals surface area contributed by atoms with Gasteiger partial charge in [-0.15, -0.1) is 0 Å². The molecule has 0 aliphatic carbocycles. The molecule has 0 aromatic carbocycles. The molecule has 1 aliphatic rings. The van der Waals surface area contributed by atoms with Gasteiger partial charge in [-0.1, -0.05) is 0 Å². The van der Waals surface area contributed by atoms with Crippen LogP contribution in [-0.4, -0.2) is 112 Å². The second-order valence-corrected chi connectivity index (χ2v) is 9.52. The number of aliphatic imine (C=N–C) groups is 1. The first-order valence-corrected chi connectivity index (χ1v) is 13.5. The van der Waals surface area contributed by atoms with Gasteiger partial charge in [-0.05, 0) is 32.2 Å². The molecule has 1 amide bonds. The zero-order valence-electron chi connectivity index (χ0n) is 24.5. The average molecular weight is 646 g/mol. The zero-order valence-corrected chi connectivity index (χ0v) is 24.5. The lowest BCUT2D eigenvalue weighted by atomic mass is 10.1. The van der Waals surface area contributed by atoms with E-state index in [4.69, 9.17) is 55.1 Å². The van der Waals surface area contributed by atoms with E-state index in [-0.39, 0.29) is 18.8 Å².